The van der Waals surface area contributed by atoms with Crippen molar-refractivity contribution >= 4 is 50.7 Å². The van der Waals surface area contributed by atoms with Crippen LogP contribution in [0.3, 0.4) is 0 Å². The Kier molecular flexibility index (Phi) is 10.2. The van der Waals surface area contributed by atoms with Gasteiger partial charge in [-0.05, 0) is 61.4 Å². The van der Waals surface area contributed by atoms with E-state index in [4.69, 9.17) is 27.9 Å². The molecular formula is C28H31Cl2N3O5S. The Balaban J connectivity index is 2.12. The van der Waals surface area contributed by atoms with Gasteiger partial charge in [-0.25, -0.2) is 8.42 Å². The van der Waals surface area contributed by atoms with Crippen molar-refractivity contribution in [3.63, 3.8) is 0 Å². The Hall–Kier alpha value is -3.27. The lowest BCUT2D eigenvalue weighted by molar-refractivity contribution is -0.140. The lowest BCUT2D eigenvalue weighted by Gasteiger charge is -2.33. The fraction of sp³-hybridized carbons (Fsp3) is 0.286. The molecule has 1 atom stereocenters. The van der Waals surface area contributed by atoms with Crippen molar-refractivity contribution in [2.75, 3.05) is 25.0 Å². The number of sulfonamides is 1. The third kappa shape index (κ3) is 7.23. The van der Waals surface area contributed by atoms with E-state index in [1.165, 1.54) is 43.3 Å². The summed E-state index contributed by atoms with van der Waals surface area (Å²) in [6.07, 6.45) is 0.310. The Morgan fingerprint density at radius 3 is 2.15 bits per heavy atom. The predicted molar refractivity (Wildman–Crippen MR) is 154 cm³/mol. The third-order valence-electron chi connectivity index (χ3n) is 6.20. The number of hydrogen-bond donors (Lipinski definition) is 1. The number of likely N-dealkylation sites (N-methyl/N-ethyl adjacent to an activating group) is 1. The molecule has 208 valence electrons. The summed E-state index contributed by atoms with van der Waals surface area (Å²) in [4.78, 5) is 28.1. The van der Waals surface area contributed by atoms with E-state index >= 15 is 0 Å². The zero-order valence-corrected chi connectivity index (χ0v) is 24.5. The van der Waals surface area contributed by atoms with E-state index in [1.54, 1.807) is 49.4 Å². The second kappa shape index (κ2) is 13.2. The third-order valence-corrected chi connectivity index (χ3v) is 8.46. The predicted octanol–water partition coefficient (Wildman–Crippen LogP) is 5.06. The molecule has 0 radical (unpaired) electrons. The molecule has 1 N–H and O–H groups in total. The van der Waals surface area contributed by atoms with Crippen molar-refractivity contribution in [1.29, 1.82) is 0 Å². The molecule has 0 bridgehead atoms. The first-order valence-electron chi connectivity index (χ1n) is 12.2. The summed E-state index contributed by atoms with van der Waals surface area (Å²) in [6.45, 7) is 3.08. The minimum atomic E-state index is -4.26. The lowest BCUT2D eigenvalue weighted by Crippen LogP contribution is -2.51. The van der Waals surface area contributed by atoms with Crippen LogP contribution in [-0.2, 0) is 26.2 Å². The number of carbonyl (C=O) groups is 2. The number of nitrogens with zero attached hydrogens (tertiary/aromatic N) is 2. The average Bonchev–Trinajstić information content (AvgIpc) is 2.92. The van der Waals surface area contributed by atoms with Gasteiger partial charge in [-0.2, -0.15) is 0 Å². The number of ether oxygens (including phenoxy) is 1. The van der Waals surface area contributed by atoms with E-state index in [1.807, 2.05) is 6.92 Å². The van der Waals surface area contributed by atoms with Crippen molar-refractivity contribution in [3.05, 3.63) is 87.9 Å². The quantitative estimate of drug-likeness (QED) is 0.336. The minimum absolute atomic E-state index is 0.00878. The normalized spacial score (nSPS) is 11.9. The topological polar surface area (TPSA) is 96.0 Å². The van der Waals surface area contributed by atoms with E-state index in [2.05, 4.69) is 5.32 Å². The number of benzene rings is 3. The highest BCUT2D eigenvalue weighted by Gasteiger charge is 2.34. The molecule has 3 aromatic carbocycles. The van der Waals surface area contributed by atoms with Gasteiger partial charge in [0.15, 0.2) is 0 Å². The van der Waals surface area contributed by atoms with Gasteiger partial charge in [-0.3, -0.25) is 13.9 Å². The summed E-state index contributed by atoms with van der Waals surface area (Å²) in [5, 5.41) is 3.38. The number of methoxy groups -OCH3 is 1. The number of nitrogens with one attached hydrogen (secondary N) is 1. The molecule has 0 aliphatic carbocycles. The Morgan fingerprint density at radius 1 is 0.974 bits per heavy atom. The number of halogens is 2. The van der Waals surface area contributed by atoms with E-state index in [-0.39, 0.29) is 33.8 Å². The fourth-order valence-electron chi connectivity index (χ4n) is 4.08. The molecule has 3 aromatic rings. The van der Waals surface area contributed by atoms with Crippen LogP contribution in [-0.4, -0.2) is 51.9 Å². The molecule has 0 aliphatic heterocycles. The van der Waals surface area contributed by atoms with Crippen LogP contribution in [0, 0.1) is 6.92 Å². The van der Waals surface area contributed by atoms with Gasteiger partial charge in [0, 0.05) is 23.6 Å². The van der Waals surface area contributed by atoms with Gasteiger partial charge >= 0.3 is 0 Å². The monoisotopic (exact) mass is 591 g/mol. The van der Waals surface area contributed by atoms with E-state index in [0.29, 0.717) is 11.4 Å². The molecule has 3 rings (SSSR count). The van der Waals surface area contributed by atoms with Crippen molar-refractivity contribution in [1.82, 2.24) is 10.2 Å². The smallest absolute Gasteiger partial charge is 0.264 e. The maximum atomic E-state index is 14.0. The number of aryl methyl sites for hydroxylation is 1. The van der Waals surface area contributed by atoms with Crippen LogP contribution in [0.15, 0.2) is 71.6 Å². The second-order valence-corrected chi connectivity index (χ2v) is 11.6. The zero-order valence-electron chi connectivity index (χ0n) is 22.1. The maximum absolute atomic E-state index is 14.0. The highest BCUT2D eigenvalue weighted by molar-refractivity contribution is 7.92. The van der Waals surface area contributed by atoms with Crippen molar-refractivity contribution in [3.8, 4) is 5.75 Å². The largest absolute Gasteiger partial charge is 0.495 e. The van der Waals surface area contributed by atoms with Crippen LogP contribution in [0.4, 0.5) is 5.69 Å². The summed E-state index contributed by atoms with van der Waals surface area (Å²) in [5.41, 5.74) is 1.70. The molecule has 2 amide bonds. The van der Waals surface area contributed by atoms with E-state index in [0.717, 1.165) is 15.4 Å². The summed E-state index contributed by atoms with van der Waals surface area (Å²) in [6, 6.07) is 16.9. The lowest BCUT2D eigenvalue weighted by atomic mass is 10.1. The summed E-state index contributed by atoms with van der Waals surface area (Å²) in [5.74, 6) is -0.739. The molecule has 0 saturated heterocycles. The Bertz CT molecular complexity index is 1410. The maximum Gasteiger partial charge on any atom is 0.264 e. The van der Waals surface area contributed by atoms with Crippen LogP contribution in [0.2, 0.25) is 10.0 Å². The van der Waals surface area contributed by atoms with Crippen molar-refractivity contribution in [2.24, 2.45) is 0 Å². The standard InChI is InChI=1S/C28H31Cl2N3O5S/c1-5-24(28(35)31-3)32(17-20-8-10-21(29)11-9-20)27(34)18-33(25-16-22(30)12-15-26(25)38-4)39(36,37)23-13-6-19(2)7-14-23/h6-16,24H,5,17-18H2,1-4H3,(H,31,35). The molecule has 0 heterocycles. The minimum Gasteiger partial charge on any atom is -0.495 e. The molecule has 1 unspecified atom stereocenters. The molecule has 11 heteroatoms. The number of carbonyl (C=O) groups excluding carboxylic acids is 2. The first-order chi connectivity index (χ1) is 18.5. The van der Waals surface area contributed by atoms with Gasteiger partial charge in [-0.1, -0.05) is 60.0 Å². The van der Waals surface area contributed by atoms with E-state index < -0.39 is 28.5 Å². The number of anilines is 1. The highest BCUT2D eigenvalue weighted by atomic mass is 35.5. The van der Waals surface area contributed by atoms with Crippen molar-refractivity contribution < 1.29 is 22.7 Å². The van der Waals surface area contributed by atoms with E-state index in [9.17, 15) is 18.0 Å². The van der Waals surface area contributed by atoms with Gasteiger partial charge in [0.1, 0.15) is 18.3 Å². The van der Waals surface area contributed by atoms with Crippen LogP contribution in [0.1, 0.15) is 24.5 Å². The summed E-state index contributed by atoms with van der Waals surface area (Å²) >= 11 is 12.3. The SMILES string of the molecule is CCC(C(=O)NC)N(Cc1ccc(Cl)cc1)C(=O)CN(c1cc(Cl)ccc1OC)S(=O)(=O)c1ccc(C)cc1. The number of amides is 2. The number of hydrogen-bond acceptors (Lipinski definition) is 5. The van der Waals surface area contributed by atoms with Crippen LogP contribution in [0.25, 0.3) is 0 Å². The molecule has 0 fully saturated rings. The molecule has 0 aliphatic rings. The second-order valence-electron chi connectivity index (χ2n) is 8.83. The molecule has 0 aromatic heterocycles. The van der Waals surface area contributed by atoms with Gasteiger partial charge in [0.05, 0.1) is 17.7 Å². The van der Waals surface area contributed by atoms with Crippen LogP contribution in [0.5, 0.6) is 5.75 Å². The van der Waals surface area contributed by atoms with Crippen LogP contribution >= 0.6 is 23.2 Å². The first kappa shape index (κ1) is 30.3. The average molecular weight is 593 g/mol. The molecular weight excluding hydrogens is 561 g/mol. The number of rotatable bonds is 11. The van der Waals surface area contributed by atoms with Gasteiger partial charge in [0.25, 0.3) is 10.0 Å². The molecule has 0 saturated carbocycles. The summed E-state index contributed by atoms with van der Waals surface area (Å²) < 4.78 is 34.3. The fourth-order valence-corrected chi connectivity index (χ4v) is 5.79. The first-order valence-corrected chi connectivity index (χ1v) is 14.4. The van der Waals surface area contributed by atoms with Crippen molar-refractivity contribution in [2.45, 2.75) is 37.8 Å². The summed E-state index contributed by atoms with van der Waals surface area (Å²) in [7, 11) is -1.37. The Labute approximate surface area is 239 Å². The Morgan fingerprint density at radius 2 is 1.59 bits per heavy atom. The molecule has 8 nitrogen and oxygen atoms in total. The van der Waals surface area contributed by atoms with Gasteiger partial charge in [0.2, 0.25) is 11.8 Å². The van der Waals surface area contributed by atoms with Crippen LogP contribution < -0.4 is 14.4 Å². The highest BCUT2D eigenvalue weighted by Crippen LogP contribution is 2.35. The molecule has 0 spiro atoms. The van der Waals surface area contributed by atoms with Gasteiger partial charge < -0.3 is 15.0 Å². The molecule has 39 heavy (non-hydrogen) atoms. The zero-order chi connectivity index (χ0) is 28.7. The van der Waals surface area contributed by atoms with Gasteiger partial charge in [-0.15, -0.1) is 0 Å².